The van der Waals surface area contributed by atoms with E-state index in [-0.39, 0.29) is 27.7 Å². The average Bonchev–Trinajstić information content (AvgIpc) is 3.10. The number of carbonyl (C=O) groups is 2. The van der Waals surface area contributed by atoms with E-state index in [9.17, 15) is 9.59 Å². The van der Waals surface area contributed by atoms with E-state index in [0.717, 1.165) is 0 Å². The zero-order valence-electron chi connectivity index (χ0n) is 12.0. The summed E-state index contributed by atoms with van der Waals surface area (Å²) in [5, 5.41) is 0.470. The van der Waals surface area contributed by atoms with Gasteiger partial charge in [-0.3, -0.25) is 9.59 Å². The molecule has 0 unspecified atom stereocenters. The lowest BCUT2D eigenvalue weighted by atomic mass is 10.2. The summed E-state index contributed by atoms with van der Waals surface area (Å²) < 4.78 is 5.11. The van der Waals surface area contributed by atoms with Gasteiger partial charge in [0.05, 0.1) is 11.3 Å². The second-order valence-electron chi connectivity index (χ2n) is 5.03. The van der Waals surface area contributed by atoms with Crippen molar-refractivity contribution in [3.05, 3.63) is 52.2 Å². The van der Waals surface area contributed by atoms with Crippen LogP contribution in [-0.2, 0) is 0 Å². The number of nitrogens with zero attached hydrogens (tertiary/aromatic N) is 3. The van der Waals surface area contributed by atoms with E-state index < -0.39 is 0 Å². The van der Waals surface area contributed by atoms with Gasteiger partial charge in [-0.1, -0.05) is 23.2 Å². The summed E-state index contributed by atoms with van der Waals surface area (Å²) in [4.78, 5) is 31.9. The first-order valence-electron chi connectivity index (χ1n) is 7.00. The minimum Gasteiger partial charge on any atom is -0.459 e. The van der Waals surface area contributed by atoms with Crippen molar-refractivity contribution in [2.45, 2.75) is 0 Å². The lowest BCUT2D eigenvalue weighted by Crippen LogP contribution is -2.50. The number of pyridine rings is 1. The highest BCUT2D eigenvalue weighted by Crippen LogP contribution is 2.19. The molecule has 0 aromatic carbocycles. The molecule has 2 amide bonds. The molecule has 3 heterocycles. The molecule has 0 bridgehead atoms. The Morgan fingerprint density at radius 1 is 1.00 bits per heavy atom. The molecule has 120 valence electrons. The highest BCUT2D eigenvalue weighted by molar-refractivity contribution is 6.34. The Bertz CT molecular complexity index is 726. The molecular formula is C15H13Cl2N3O3. The maximum absolute atomic E-state index is 12.5. The monoisotopic (exact) mass is 353 g/mol. The zero-order valence-corrected chi connectivity index (χ0v) is 13.5. The fourth-order valence-corrected chi connectivity index (χ4v) is 2.72. The van der Waals surface area contributed by atoms with Gasteiger partial charge in [0.15, 0.2) is 5.76 Å². The molecule has 2 aromatic heterocycles. The Kier molecular flexibility index (Phi) is 4.54. The van der Waals surface area contributed by atoms with E-state index in [1.165, 1.54) is 12.3 Å². The molecule has 0 N–H and O–H groups in total. The predicted molar refractivity (Wildman–Crippen MR) is 84.8 cm³/mol. The van der Waals surface area contributed by atoms with Gasteiger partial charge in [0, 0.05) is 26.2 Å². The lowest BCUT2D eigenvalue weighted by molar-refractivity contribution is 0.0515. The number of hydrogen-bond donors (Lipinski definition) is 0. The number of hydrogen-bond acceptors (Lipinski definition) is 4. The standard InChI is InChI=1S/C15H13Cl2N3O3/c16-10-3-4-12(17)18-13(10)15(22)20-7-5-19(6-8-20)14(21)11-2-1-9-23-11/h1-4,9H,5-8H2. The van der Waals surface area contributed by atoms with Crippen LogP contribution < -0.4 is 0 Å². The molecular weight excluding hydrogens is 341 g/mol. The minimum absolute atomic E-state index is 0.130. The van der Waals surface area contributed by atoms with Crippen molar-refractivity contribution < 1.29 is 14.0 Å². The van der Waals surface area contributed by atoms with E-state index >= 15 is 0 Å². The quantitative estimate of drug-likeness (QED) is 0.778. The van der Waals surface area contributed by atoms with Gasteiger partial charge in [0.2, 0.25) is 0 Å². The average molecular weight is 354 g/mol. The van der Waals surface area contributed by atoms with Gasteiger partial charge >= 0.3 is 0 Å². The molecule has 2 aromatic rings. The van der Waals surface area contributed by atoms with Gasteiger partial charge in [0.1, 0.15) is 10.8 Å². The van der Waals surface area contributed by atoms with Crippen molar-refractivity contribution in [2.75, 3.05) is 26.2 Å². The smallest absolute Gasteiger partial charge is 0.289 e. The lowest BCUT2D eigenvalue weighted by Gasteiger charge is -2.34. The summed E-state index contributed by atoms with van der Waals surface area (Å²) in [6.45, 7) is 1.64. The number of carbonyl (C=O) groups excluding carboxylic acids is 2. The molecule has 0 radical (unpaired) electrons. The number of aromatic nitrogens is 1. The molecule has 1 fully saturated rings. The van der Waals surface area contributed by atoms with Gasteiger partial charge in [0.25, 0.3) is 11.8 Å². The normalized spacial score (nSPS) is 14.9. The van der Waals surface area contributed by atoms with Crippen LogP contribution in [0.1, 0.15) is 21.0 Å². The highest BCUT2D eigenvalue weighted by Gasteiger charge is 2.28. The van der Waals surface area contributed by atoms with Crippen molar-refractivity contribution >= 4 is 35.0 Å². The molecule has 1 saturated heterocycles. The fraction of sp³-hybridized carbons (Fsp3) is 0.267. The number of amides is 2. The van der Waals surface area contributed by atoms with Crippen LogP contribution in [0, 0.1) is 0 Å². The van der Waals surface area contributed by atoms with E-state index in [2.05, 4.69) is 4.98 Å². The summed E-state index contributed by atoms with van der Waals surface area (Å²) in [5.41, 5.74) is 0.130. The van der Waals surface area contributed by atoms with Crippen molar-refractivity contribution in [3.8, 4) is 0 Å². The third-order valence-electron chi connectivity index (χ3n) is 3.60. The van der Waals surface area contributed by atoms with Crippen LogP contribution in [0.15, 0.2) is 34.9 Å². The maximum atomic E-state index is 12.5. The van der Waals surface area contributed by atoms with Crippen LogP contribution >= 0.6 is 23.2 Å². The van der Waals surface area contributed by atoms with Crippen molar-refractivity contribution in [1.29, 1.82) is 0 Å². The van der Waals surface area contributed by atoms with Gasteiger partial charge < -0.3 is 14.2 Å². The summed E-state index contributed by atoms with van der Waals surface area (Å²) in [5.74, 6) is -0.173. The van der Waals surface area contributed by atoms with E-state index in [0.29, 0.717) is 31.9 Å². The first kappa shape index (κ1) is 15.8. The van der Waals surface area contributed by atoms with Crippen molar-refractivity contribution in [1.82, 2.24) is 14.8 Å². The molecule has 1 aliphatic heterocycles. The van der Waals surface area contributed by atoms with Crippen molar-refractivity contribution in [3.63, 3.8) is 0 Å². The molecule has 1 aliphatic rings. The van der Waals surface area contributed by atoms with Gasteiger partial charge in [-0.05, 0) is 24.3 Å². The Labute approximate surface area is 142 Å². The third-order valence-corrected chi connectivity index (χ3v) is 4.12. The van der Waals surface area contributed by atoms with Crippen LogP contribution in [0.4, 0.5) is 0 Å². The molecule has 0 atom stereocenters. The zero-order chi connectivity index (χ0) is 16.4. The second-order valence-corrected chi connectivity index (χ2v) is 5.82. The van der Waals surface area contributed by atoms with Gasteiger partial charge in [-0.25, -0.2) is 4.98 Å². The molecule has 8 heteroatoms. The number of rotatable bonds is 2. The molecule has 3 rings (SSSR count). The third kappa shape index (κ3) is 3.33. The predicted octanol–water partition coefficient (Wildman–Crippen LogP) is 2.58. The van der Waals surface area contributed by atoms with Crippen molar-refractivity contribution in [2.24, 2.45) is 0 Å². The highest BCUT2D eigenvalue weighted by atomic mass is 35.5. The number of piperazine rings is 1. The van der Waals surface area contributed by atoms with Gasteiger partial charge in [-0.15, -0.1) is 0 Å². The van der Waals surface area contributed by atoms with E-state index in [1.807, 2.05) is 0 Å². The van der Waals surface area contributed by atoms with Crippen LogP contribution in [-0.4, -0.2) is 52.8 Å². The van der Waals surface area contributed by atoms with Crippen LogP contribution in [0.3, 0.4) is 0 Å². The molecule has 0 saturated carbocycles. The largest absolute Gasteiger partial charge is 0.459 e. The number of furan rings is 1. The second kappa shape index (κ2) is 6.60. The van der Waals surface area contributed by atoms with Crippen LogP contribution in [0.25, 0.3) is 0 Å². The minimum atomic E-state index is -0.289. The van der Waals surface area contributed by atoms with E-state index in [4.69, 9.17) is 27.6 Å². The Hall–Kier alpha value is -2.05. The summed E-state index contributed by atoms with van der Waals surface area (Å²) in [7, 11) is 0. The molecule has 23 heavy (non-hydrogen) atoms. The maximum Gasteiger partial charge on any atom is 0.289 e. The SMILES string of the molecule is O=C(c1ccco1)N1CCN(C(=O)c2nc(Cl)ccc2Cl)CC1. The Morgan fingerprint density at radius 3 is 2.26 bits per heavy atom. The fourth-order valence-electron chi connectivity index (χ4n) is 2.39. The number of halogens is 2. The summed E-state index contributed by atoms with van der Waals surface area (Å²) in [6, 6.07) is 6.36. The summed E-state index contributed by atoms with van der Waals surface area (Å²) in [6.07, 6.45) is 1.46. The molecule has 0 aliphatic carbocycles. The van der Waals surface area contributed by atoms with E-state index in [1.54, 1.807) is 28.0 Å². The first-order valence-corrected chi connectivity index (χ1v) is 7.76. The summed E-state index contributed by atoms with van der Waals surface area (Å²) >= 11 is 11.8. The van der Waals surface area contributed by atoms with Gasteiger partial charge in [-0.2, -0.15) is 0 Å². The topological polar surface area (TPSA) is 66.7 Å². The molecule has 6 nitrogen and oxygen atoms in total. The Balaban J connectivity index is 1.66. The van der Waals surface area contributed by atoms with Crippen LogP contribution in [0.2, 0.25) is 10.2 Å². The Morgan fingerprint density at radius 2 is 1.65 bits per heavy atom. The van der Waals surface area contributed by atoms with Crippen LogP contribution in [0.5, 0.6) is 0 Å². The molecule has 0 spiro atoms. The first-order chi connectivity index (χ1) is 11.1.